The molecule has 1 aromatic rings. The molecule has 1 saturated heterocycles. The van der Waals surface area contributed by atoms with Gasteiger partial charge in [0.25, 0.3) is 0 Å². The summed E-state index contributed by atoms with van der Waals surface area (Å²) in [7, 11) is 6.27. The molecule has 1 aromatic carbocycles. The van der Waals surface area contributed by atoms with Gasteiger partial charge in [-0.1, -0.05) is 83.4 Å². The third kappa shape index (κ3) is 14.0. The highest BCUT2D eigenvalue weighted by Gasteiger charge is 2.44. The van der Waals surface area contributed by atoms with Gasteiger partial charge in [0.1, 0.15) is 17.7 Å². The highest BCUT2D eigenvalue weighted by atomic mass is 16.6. The second-order valence-electron chi connectivity index (χ2n) is 16.8. The van der Waals surface area contributed by atoms with Crippen molar-refractivity contribution in [3.63, 3.8) is 0 Å². The molecule has 0 spiro atoms. The first-order chi connectivity index (χ1) is 27.3. The second kappa shape index (κ2) is 23.4. The molecule has 1 aliphatic heterocycles. The van der Waals surface area contributed by atoms with Gasteiger partial charge in [0.15, 0.2) is 0 Å². The summed E-state index contributed by atoms with van der Waals surface area (Å²) in [5, 5.41) is 12.5. The monoisotopic (exact) mass is 815 g/mol. The minimum atomic E-state index is -1.18. The average Bonchev–Trinajstić information content (AvgIpc) is 3.65. The lowest BCUT2D eigenvalue weighted by molar-refractivity contribution is -0.159. The minimum absolute atomic E-state index is 0.0768. The summed E-state index contributed by atoms with van der Waals surface area (Å²) in [6.07, 6.45) is 0.635. The Bertz CT molecular complexity index is 1550. The molecule has 16 heteroatoms. The van der Waals surface area contributed by atoms with Crippen molar-refractivity contribution in [1.29, 1.82) is 0 Å². The number of methoxy groups -OCH3 is 2. The third-order valence-electron chi connectivity index (χ3n) is 11.1. The zero-order valence-corrected chi connectivity index (χ0v) is 37.0. The molecule has 58 heavy (non-hydrogen) atoms. The Morgan fingerprint density at radius 3 is 2.14 bits per heavy atom. The first-order valence-electron chi connectivity index (χ1n) is 20.5. The number of esters is 1. The topological polar surface area (TPSA) is 204 Å². The molecule has 16 nitrogen and oxygen atoms in total. The molecule has 0 aromatic heterocycles. The normalized spacial score (nSPS) is 19.0. The van der Waals surface area contributed by atoms with Gasteiger partial charge in [-0.05, 0) is 63.6 Å². The zero-order chi connectivity index (χ0) is 43.9. The summed E-state index contributed by atoms with van der Waals surface area (Å²) in [6, 6.07) is 4.69. The molecule has 2 rings (SSSR count). The predicted octanol–water partition coefficient (Wildman–Crippen LogP) is 4.40. The Balaban J connectivity index is 2.35. The Hall–Kier alpha value is -4.24. The number of likely N-dealkylation sites (tertiary alicyclic amines) is 1. The fourth-order valence-corrected chi connectivity index (χ4v) is 7.79. The van der Waals surface area contributed by atoms with Crippen LogP contribution < -0.4 is 16.0 Å². The number of hydrogen-bond donors (Lipinski definition) is 3. The van der Waals surface area contributed by atoms with E-state index in [1.54, 1.807) is 53.6 Å². The van der Waals surface area contributed by atoms with E-state index in [1.807, 2.05) is 58.0 Å². The fourth-order valence-electron chi connectivity index (χ4n) is 7.79. The maximum Gasteiger partial charge on any atom is 0.329 e. The van der Waals surface area contributed by atoms with E-state index in [-0.39, 0.29) is 30.6 Å². The molecule has 326 valence electrons. The third-order valence-corrected chi connectivity index (χ3v) is 11.1. The summed E-state index contributed by atoms with van der Waals surface area (Å²) >= 11 is 0. The van der Waals surface area contributed by atoms with Crippen molar-refractivity contribution < 1.29 is 38.2 Å². The van der Waals surface area contributed by atoms with Gasteiger partial charge in [-0.15, -0.1) is 0 Å². The van der Waals surface area contributed by atoms with Gasteiger partial charge in [0, 0.05) is 39.1 Å². The summed E-state index contributed by atoms with van der Waals surface area (Å²) in [6.45, 7) is 16.7. The predicted molar refractivity (Wildman–Crippen MR) is 222 cm³/mol. The average molecular weight is 815 g/mol. The summed E-state index contributed by atoms with van der Waals surface area (Å²) in [5.74, 6) is -3.04. The quantitative estimate of drug-likeness (QED) is 0.0656. The van der Waals surface area contributed by atoms with E-state index in [4.69, 9.17) is 14.2 Å². The van der Waals surface area contributed by atoms with Crippen molar-refractivity contribution in [2.24, 2.45) is 22.9 Å². The van der Waals surface area contributed by atoms with Crippen LogP contribution in [0.1, 0.15) is 93.6 Å². The van der Waals surface area contributed by atoms with Crippen LogP contribution >= 0.6 is 0 Å². The SMILES string of the molecule is CC[C@H](C)[C@@H]([C@@H](CC(=O)N1CCC[C@H]1[C@H](OC)[C@@H](C)C(=O)N[C@@H](Cc1ccccc1)C(=O)OC(C)(C)C)OC)N(C)C(=O)[C@@H](NC(=O)[C@@H](NC)C(C)C)C(C)N=[N+]=[N-]. The first-order valence-corrected chi connectivity index (χ1v) is 20.5. The number of carbonyl (C=O) groups excluding carboxylic acids is 5. The lowest BCUT2D eigenvalue weighted by Crippen LogP contribution is -2.60. The number of ether oxygens (including phenoxy) is 3. The van der Waals surface area contributed by atoms with E-state index in [1.165, 1.54) is 19.1 Å². The van der Waals surface area contributed by atoms with Crippen LogP contribution in [0.25, 0.3) is 10.4 Å². The number of nitrogens with one attached hydrogen (secondary N) is 3. The Labute approximate surface area is 345 Å². The summed E-state index contributed by atoms with van der Waals surface area (Å²) in [4.78, 5) is 75.2. The largest absolute Gasteiger partial charge is 0.458 e. The van der Waals surface area contributed by atoms with E-state index >= 15 is 0 Å². The number of benzene rings is 1. The van der Waals surface area contributed by atoms with Crippen LogP contribution in [0.2, 0.25) is 0 Å². The highest BCUT2D eigenvalue weighted by molar-refractivity contribution is 5.91. The van der Waals surface area contributed by atoms with Crippen LogP contribution in [0.15, 0.2) is 35.4 Å². The van der Waals surface area contributed by atoms with E-state index in [9.17, 15) is 29.5 Å². The van der Waals surface area contributed by atoms with Crippen molar-refractivity contribution in [3.05, 3.63) is 46.3 Å². The number of rotatable bonds is 22. The van der Waals surface area contributed by atoms with E-state index in [2.05, 4.69) is 26.0 Å². The van der Waals surface area contributed by atoms with Gasteiger partial charge < -0.3 is 40.0 Å². The van der Waals surface area contributed by atoms with Crippen molar-refractivity contribution >= 4 is 29.6 Å². The molecular weight excluding hydrogens is 745 g/mol. The Morgan fingerprint density at radius 2 is 1.62 bits per heavy atom. The molecule has 0 aliphatic carbocycles. The fraction of sp³-hybridized carbons (Fsp3) is 0.738. The molecule has 1 aliphatic rings. The maximum atomic E-state index is 14.3. The lowest BCUT2D eigenvalue weighted by atomic mass is 9.89. The Morgan fingerprint density at radius 1 is 0.983 bits per heavy atom. The van der Waals surface area contributed by atoms with Crippen molar-refractivity contribution in [1.82, 2.24) is 25.8 Å². The number of amides is 4. The smallest absolute Gasteiger partial charge is 0.329 e. The van der Waals surface area contributed by atoms with Gasteiger partial charge >= 0.3 is 5.97 Å². The standard InChI is InChI=1S/C42H70N8O8/c1-14-26(4)36(49(11)40(54)35(28(6)47-48-43)46-39(53)34(44-10)25(2)3)32(56-12)24-33(51)50-22-18-21-31(50)37(57-13)27(5)38(52)45-30(41(55)58-42(7,8)9)23-29-19-16-15-17-20-29/h15-17,19-20,25-28,30-32,34-37,44H,14,18,21-24H2,1-13H3,(H,45,52)(H,46,53)/t26-,27+,28?,30-,31-,32+,34-,35-,36-,37+/m0/s1. The van der Waals surface area contributed by atoms with Crippen LogP contribution in [0.3, 0.4) is 0 Å². The number of hydrogen-bond acceptors (Lipinski definition) is 10. The number of likely N-dealkylation sites (N-methyl/N-ethyl adjacent to an activating group) is 2. The molecule has 3 N–H and O–H groups in total. The van der Waals surface area contributed by atoms with E-state index < -0.39 is 83.7 Å². The van der Waals surface area contributed by atoms with Crippen molar-refractivity contribution in [2.75, 3.05) is 34.9 Å². The second-order valence-corrected chi connectivity index (χ2v) is 16.8. The van der Waals surface area contributed by atoms with Gasteiger partial charge in [0.05, 0.1) is 48.7 Å². The molecule has 0 bridgehead atoms. The van der Waals surface area contributed by atoms with Gasteiger partial charge in [0.2, 0.25) is 23.6 Å². The van der Waals surface area contributed by atoms with E-state index in [0.29, 0.717) is 25.8 Å². The molecule has 1 heterocycles. The van der Waals surface area contributed by atoms with Crippen LogP contribution in [0, 0.1) is 17.8 Å². The van der Waals surface area contributed by atoms with Crippen LogP contribution in [-0.4, -0.2) is 128 Å². The zero-order valence-electron chi connectivity index (χ0n) is 37.0. The van der Waals surface area contributed by atoms with Crippen LogP contribution in [0.4, 0.5) is 0 Å². The summed E-state index contributed by atoms with van der Waals surface area (Å²) < 4.78 is 17.6. The van der Waals surface area contributed by atoms with Crippen molar-refractivity contribution in [2.45, 2.75) is 148 Å². The molecule has 4 amide bonds. The van der Waals surface area contributed by atoms with Crippen molar-refractivity contribution in [3.8, 4) is 0 Å². The lowest BCUT2D eigenvalue weighted by Gasteiger charge is -2.41. The molecule has 10 atom stereocenters. The van der Waals surface area contributed by atoms with Gasteiger partial charge in [-0.25, -0.2) is 4.79 Å². The maximum absolute atomic E-state index is 14.3. The molecule has 1 fully saturated rings. The van der Waals surface area contributed by atoms with E-state index in [0.717, 1.165) is 5.56 Å². The summed E-state index contributed by atoms with van der Waals surface area (Å²) in [5.41, 5.74) is 9.34. The number of azide groups is 1. The molecular formula is C42H70N8O8. The van der Waals surface area contributed by atoms with Crippen LogP contribution in [-0.2, 0) is 44.6 Å². The molecule has 0 saturated carbocycles. The minimum Gasteiger partial charge on any atom is -0.458 e. The van der Waals surface area contributed by atoms with Gasteiger partial charge in [-0.2, -0.15) is 0 Å². The molecule has 0 radical (unpaired) electrons. The number of nitrogens with zero attached hydrogens (tertiary/aromatic N) is 5. The Kier molecular flexibility index (Phi) is 20.1. The van der Waals surface area contributed by atoms with Crippen LogP contribution in [0.5, 0.6) is 0 Å². The molecule has 1 unspecified atom stereocenters. The highest BCUT2D eigenvalue weighted by Crippen LogP contribution is 2.30. The first kappa shape index (κ1) is 49.9. The number of carbonyl (C=O) groups is 5. The van der Waals surface area contributed by atoms with Gasteiger partial charge in [-0.3, -0.25) is 19.2 Å².